The molecule has 1 aliphatic carbocycles. The quantitative estimate of drug-likeness (QED) is 0.770. The average molecular weight is 440 g/mol. The first-order valence-electron chi connectivity index (χ1n) is 12.1. The summed E-state index contributed by atoms with van der Waals surface area (Å²) in [6.45, 7) is 11.5. The van der Waals surface area contributed by atoms with Gasteiger partial charge in [-0.25, -0.2) is 9.50 Å². The van der Waals surface area contributed by atoms with Crippen LogP contribution in [0.15, 0.2) is 6.07 Å². The van der Waals surface area contributed by atoms with Crippen LogP contribution in [0.2, 0.25) is 0 Å². The predicted octanol–water partition coefficient (Wildman–Crippen LogP) is 3.70. The molecule has 7 nitrogen and oxygen atoms in total. The first-order chi connectivity index (χ1) is 15.1. The molecule has 1 saturated carbocycles. The second-order valence-electron chi connectivity index (χ2n) is 10.6. The van der Waals surface area contributed by atoms with Crippen molar-refractivity contribution in [2.45, 2.75) is 91.5 Å². The third kappa shape index (κ3) is 4.66. The maximum absolute atomic E-state index is 12.7. The second kappa shape index (κ2) is 8.83. The van der Waals surface area contributed by atoms with Crippen molar-refractivity contribution < 1.29 is 9.59 Å². The molecule has 2 aliphatic rings. The topological polar surface area (TPSA) is 79.6 Å². The van der Waals surface area contributed by atoms with E-state index >= 15 is 0 Å². The van der Waals surface area contributed by atoms with E-state index in [0.29, 0.717) is 25.4 Å². The zero-order valence-electron chi connectivity index (χ0n) is 20.2. The van der Waals surface area contributed by atoms with Crippen molar-refractivity contribution in [3.63, 3.8) is 0 Å². The number of hydrogen-bond acceptors (Lipinski definition) is 4. The Kier molecular flexibility index (Phi) is 6.28. The standard InChI is InChI=1S/C25H37N5O2/c1-16-20(10-11-23(31)27-19-8-6-7-9-19)17(2)30-22(26-16)14-21(28-30)18-12-13-29(15-18)24(32)25(3,4)5/h14,18-19H,6-13,15H2,1-5H3,(H,27,31)/t18-/m1/s1. The van der Waals surface area contributed by atoms with Crippen molar-refractivity contribution in [1.82, 2.24) is 24.8 Å². The van der Waals surface area contributed by atoms with Crippen molar-refractivity contribution in [2.75, 3.05) is 13.1 Å². The van der Waals surface area contributed by atoms with Crippen LogP contribution in [0, 0.1) is 19.3 Å². The fourth-order valence-electron chi connectivity index (χ4n) is 5.17. The van der Waals surface area contributed by atoms with Crippen molar-refractivity contribution in [3.8, 4) is 0 Å². The number of aromatic nitrogens is 3. The van der Waals surface area contributed by atoms with Gasteiger partial charge in [0.1, 0.15) is 0 Å². The summed E-state index contributed by atoms with van der Waals surface area (Å²) < 4.78 is 1.92. The number of carbonyl (C=O) groups is 2. The molecular weight excluding hydrogens is 402 g/mol. The van der Waals surface area contributed by atoms with Crippen molar-refractivity contribution in [3.05, 3.63) is 28.7 Å². The molecule has 1 N–H and O–H groups in total. The van der Waals surface area contributed by atoms with Crippen LogP contribution < -0.4 is 5.32 Å². The van der Waals surface area contributed by atoms with Crippen LogP contribution in [0.25, 0.3) is 5.65 Å². The highest BCUT2D eigenvalue weighted by atomic mass is 16.2. The Morgan fingerprint density at radius 3 is 2.56 bits per heavy atom. The number of aryl methyl sites for hydroxylation is 2. The number of carbonyl (C=O) groups excluding carboxylic acids is 2. The van der Waals surface area contributed by atoms with Crippen LogP contribution in [0.5, 0.6) is 0 Å². The third-order valence-corrected chi connectivity index (χ3v) is 7.04. The Labute approximate surface area is 191 Å². The van der Waals surface area contributed by atoms with Gasteiger partial charge < -0.3 is 10.2 Å². The summed E-state index contributed by atoms with van der Waals surface area (Å²) in [7, 11) is 0. The van der Waals surface area contributed by atoms with Crippen molar-refractivity contribution in [1.29, 1.82) is 0 Å². The molecule has 7 heteroatoms. The van der Waals surface area contributed by atoms with Crippen LogP contribution >= 0.6 is 0 Å². The highest BCUT2D eigenvalue weighted by Gasteiger charge is 2.34. The summed E-state index contributed by atoms with van der Waals surface area (Å²) in [6, 6.07) is 2.42. The molecule has 2 fully saturated rings. The van der Waals surface area contributed by atoms with Gasteiger partial charge in [0, 0.05) is 54.3 Å². The normalized spacial score (nSPS) is 19.8. The molecule has 0 bridgehead atoms. The van der Waals surface area contributed by atoms with E-state index in [1.165, 1.54) is 12.8 Å². The summed E-state index contributed by atoms with van der Waals surface area (Å²) in [6.07, 6.45) is 6.72. The molecule has 3 heterocycles. The molecule has 2 amide bonds. The number of hydrogen-bond donors (Lipinski definition) is 1. The zero-order chi connectivity index (χ0) is 23.0. The van der Waals surface area contributed by atoms with Gasteiger partial charge in [0.05, 0.1) is 5.69 Å². The molecule has 2 aromatic rings. The molecule has 1 saturated heterocycles. The summed E-state index contributed by atoms with van der Waals surface area (Å²) >= 11 is 0. The highest BCUT2D eigenvalue weighted by Crippen LogP contribution is 2.30. The number of likely N-dealkylation sites (tertiary alicyclic amines) is 1. The smallest absolute Gasteiger partial charge is 0.227 e. The number of nitrogens with one attached hydrogen (secondary N) is 1. The fourth-order valence-corrected chi connectivity index (χ4v) is 5.17. The Hall–Kier alpha value is -2.44. The van der Waals surface area contributed by atoms with Crippen molar-refractivity contribution in [2.24, 2.45) is 5.41 Å². The summed E-state index contributed by atoms with van der Waals surface area (Å²) in [5, 5.41) is 8.05. The number of amides is 2. The lowest BCUT2D eigenvalue weighted by Crippen LogP contribution is -2.37. The molecule has 174 valence electrons. The number of nitrogens with zero attached hydrogens (tertiary/aromatic N) is 4. The molecule has 0 radical (unpaired) electrons. The maximum Gasteiger partial charge on any atom is 0.227 e. The van der Waals surface area contributed by atoms with E-state index in [-0.39, 0.29) is 23.1 Å². The summed E-state index contributed by atoms with van der Waals surface area (Å²) in [5.41, 5.74) is 4.60. The van der Waals surface area contributed by atoms with Gasteiger partial charge >= 0.3 is 0 Å². The Bertz CT molecular complexity index is 1010. The SMILES string of the molecule is Cc1nc2cc([C@@H]3CCN(C(=O)C(C)(C)C)C3)nn2c(C)c1CCC(=O)NC1CCCC1. The molecule has 2 aromatic heterocycles. The minimum absolute atomic E-state index is 0.131. The Balaban J connectivity index is 1.47. The Morgan fingerprint density at radius 2 is 1.88 bits per heavy atom. The fraction of sp³-hybridized carbons (Fsp3) is 0.680. The molecule has 0 unspecified atom stereocenters. The van der Waals surface area contributed by atoms with Crippen LogP contribution in [0.1, 0.15) is 87.9 Å². The lowest BCUT2D eigenvalue weighted by Gasteiger charge is -2.25. The van der Waals surface area contributed by atoms with Gasteiger partial charge in [-0.05, 0) is 45.1 Å². The van der Waals surface area contributed by atoms with Gasteiger partial charge in [-0.1, -0.05) is 33.6 Å². The zero-order valence-corrected chi connectivity index (χ0v) is 20.2. The van der Waals surface area contributed by atoms with Crippen molar-refractivity contribution >= 4 is 17.5 Å². The maximum atomic E-state index is 12.7. The van der Waals surface area contributed by atoms with Gasteiger partial charge in [-0.15, -0.1) is 0 Å². The van der Waals surface area contributed by atoms with Gasteiger partial charge in [0.2, 0.25) is 11.8 Å². The first-order valence-corrected chi connectivity index (χ1v) is 12.1. The first kappa shape index (κ1) is 22.7. The third-order valence-electron chi connectivity index (χ3n) is 7.04. The van der Waals surface area contributed by atoms with E-state index in [9.17, 15) is 9.59 Å². The predicted molar refractivity (Wildman–Crippen MR) is 125 cm³/mol. The van der Waals surface area contributed by atoms with E-state index in [2.05, 4.69) is 18.3 Å². The lowest BCUT2D eigenvalue weighted by atomic mass is 9.95. The molecule has 4 rings (SSSR count). The van der Waals surface area contributed by atoms with E-state index in [4.69, 9.17) is 10.1 Å². The molecule has 1 atom stereocenters. The van der Waals surface area contributed by atoms with Gasteiger partial charge in [-0.3, -0.25) is 9.59 Å². The highest BCUT2D eigenvalue weighted by molar-refractivity contribution is 5.81. The molecule has 0 aromatic carbocycles. The molecular formula is C25H37N5O2. The van der Waals surface area contributed by atoms with E-state index in [1.54, 1.807) is 0 Å². The monoisotopic (exact) mass is 439 g/mol. The van der Waals surface area contributed by atoms with Crippen LogP contribution in [0.3, 0.4) is 0 Å². The van der Waals surface area contributed by atoms with Gasteiger partial charge in [0.25, 0.3) is 0 Å². The van der Waals surface area contributed by atoms with Gasteiger partial charge in [-0.2, -0.15) is 5.10 Å². The summed E-state index contributed by atoms with van der Waals surface area (Å²) in [4.78, 5) is 31.8. The van der Waals surface area contributed by atoms with Gasteiger partial charge in [0.15, 0.2) is 5.65 Å². The van der Waals surface area contributed by atoms with E-state index < -0.39 is 0 Å². The average Bonchev–Trinajstić information content (AvgIpc) is 3.46. The lowest BCUT2D eigenvalue weighted by molar-refractivity contribution is -0.138. The van der Waals surface area contributed by atoms with E-state index in [0.717, 1.165) is 54.1 Å². The molecule has 32 heavy (non-hydrogen) atoms. The molecule has 0 spiro atoms. The molecule has 1 aliphatic heterocycles. The minimum atomic E-state index is -0.359. The largest absolute Gasteiger partial charge is 0.353 e. The Morgan fingerprint density at radius 1 is 1.16 bits per heavy atom. The summed E-state index contributed by atoms with van der Waals surface area (Å²) in [5.74, 6) is 0.571. The van der Waals surface area contributed by atoms with Crippen LogP contribution in [-0.4, -0.2) is 50.4 Å². The van der Waals surface area contributed by atoms with Crippen LogP contribution in [0.4, 0.5) is 0 Å². The van der Waals surface area contributed by atoms with E-state index in [1.807, 2.05) is 37.1 Å². The number of rotatable bonds is 5. The number of fused-ring (bicyclic) bond motifs is 1. The second-order valence-corrected chi connectivity index (χ2v) is 10.6. The minimum Gasteiger partial charge on any atom is -0.353 e. The van der Waals surface area contributed by atoms with Crippen LogP contribution in [-0.2, 0) is 16.0 Å².